The predicted octanol–water partition coefficient (Wildman–Crippen LogP) is 4.36. The minimum Gasteiger partial charge on any atom is -0.506 e. The van der Waals surface area contributed by atoms with Crippen LogP contribution in [-0.4, -0.2) is 142 Å². The van der Waals surface area contributed by atoms with E-state index in [2.05, 4.69) is 10.2 Å². The van der Waals surface area contributed by atoms with Crippen LogP contribution < -0.4 is 5.32 Å². The number of carboxylic acids is 1. The van der Waals surface area contributed by atoms with Crippen LogP contribution in [0.15, 0.2) is 36.4 Å². The number of carbonyl (C=O) groups is 4. The molecule has 2 aromatic carbocycles. The number of likely N-dealkylation sites (tertiary alicyclic amines) is 2. The molecule has 4 heterocycles. The minimum atomic E-state index is -4.92. The number of hydrogen-bond acceptors (Lipinski definition) is 8. The number of phenolic OH excluding ortho intramolecular Hbond substituents is 1. The van der Waals surface area contributed by atoms with Gasteiger partial charge in [0.25, 0.3) is 5.91 Å². The summed E-state index contributed by atoms with van der Waals surface area (Å²) in [5.41, 5.74) is 0.416. The number of amides is 4. The Morgan fingerprint density at radius 3 is 2.23 bits per heavy atom. The van der Waals surface area contributed by atoms with E-state index >= 15 is 0 Å². The van der Waals surface area contributed by atoms with E-state index < -0.39 is 53.0 Å². The van der Waals surface area contributed by atoms with Gasteiger partial charge in [-0.15, -0.1) is 0 Å². The van der Waals surface area contributed by atoms with Crippen molar-refractivity contribution in [2.45, 2.75) is 62.9 Å². The lowest BCUT2D eigenvalue weighted by Crippen LogP contribution is -2.56. The molecule has 0 aromatic heterocycles. The fraction of sp³-hybridized carbons (Fsp3) is 0.556. The van der Waals surface area contributed by atoms with Gasteiger partial charge in [-0.2, -0.15) is 13.2 Å². The Kier molecular flexibility index (Phi) is 11.9. The smallest absolute Gasteiger partial charge is 0.420 e. The molecule has 0 aliphatic carbocycles. The largest absolute Gasteiger partial charge is 0.506 e. The summed E-state index contributed by atoms with van der Waals surface area (Å²) in [6.45, 7) is 3.97. The molecule has 3 fully saturated rings. The number of aliphatic carboxylic acids is 1. The van der Waals surface area contributed by atoms with Crippen molar-refractivity contribution in [3.05, 3.63) is 58.1 Å². The molecule has 0 unspecified atom stereocenters. The molecule has 17 heteroatoms. The van der Waals surface area contributed by atoms with Gasteiger partial charge in [0.1, 0.15) is 5.75 Å². The van der Waals surface area contributed by atoms with Crippen molar-refractivity contribution >= 4 is 41.3 Å². The molecule has 2 aromatic rings. The van der Waals surface area contributed by atoms with E-state index in [-0.39, 0.29) is 43.3 Å². The van der Waals surface area contributed by atoms with Gasteiger partial charge in [0.2, 0.25) is 0 Å². The number of piperazine rings is 1. The first-order valence-corrected chi connectivity index (χ1v) is 18.3. The molecule has 53 heavy (non-hydrogen) atoms. The van der Waals surface area contributed by atoms with E-state index in [1.165, 1.54) is 4.90 Å². The quantitative estimate of drug-likeness (QED) is 0.357. The molecule has 0 bridgehead atoms. The van der Waals surface area contributed by atoms with Crippen molar-refractivity contribution in [2.75, 3.05) is 70.8 Å². The number of aromatic hydroxyl groups is 1. The molecule has 4 aliphatic rings. The van der Waals surface area contributed by atoms with Crippen molar-refractivity contribution in [1.82, 2.24) is 24.5 Å². The van der Waals surface area contributed by atoms with Crippen molar-refractivity contribution in [1.29, 1.82) is 0 Å². The minimum absolute atomic E-state index is 0.00528. The molecule has 4 amide bonds. The van der Waals surface area contributed by atoms with Gasteiger partial charge in [-0.3, -0.25) is 19.4 Å². The molecule has 288 valence electrons. The number of benzene rings is 2. The first kappa shape index (κ1) is 38.4. The van der Waals surface area contributed by atoms with Crippen LogP contribution in [0, 0.1) is 0 Å². The van der Waals surface area contributed by atoms with E-state index in [0.29, 0.717) is 71.1 Å². The standard InChI is InChI=1S/C36H44ClF3N6O7/c37-28-20-23(19-27(32(28)49)36(38,39)40)21-30(33(50)44-17-15-43(16-18-44)25-6-10-42(11-7-25)22-31(47)48)53-35(52)45-12-8-26(9-13-45)46-14-5-24-3-1-2-4-29(24)41-34(46)51/h1-4,19-20,25-26,30,49H,5-18,21-22H2,(H,41,51)(H,47,48)/t30-/m1/s1. The van der Waals surface area contributed by atoms with Gasteiger partial charge >= 0.3 is 24.3 Å². The number of piperidine rings is 2. The fourth-order valence-electron chi connectivity index (χ4n) is 7.82. The van der Waals surface area contributed by atoms with Crippen LogP contribution in [0.25, 0.3) is 0 Å². The molecule has 1 atom stereocenters. The highest BCUT2D eigenvalue weighted by molar-refractivity contribution is 6.32. The molecule has 13 nitrogen and oxygen atoms in total. The van der Waals surface area contributed by atoms with Crippen molar-refractivity contribution in [2.24, 2.45) is 0 Å². The number of alkyl halides is 3. The van der Waals surface area contributed by atoms with E-state index in [4.69, 9.17) is 21.4 Å². The van der Waals surface area contributed by atoms with Crippen LogP contribution in [0.3, 0.4) is 0 Å². The third-order valence-corrected chi connectivity index (χ3v) is 11.0. The van der Waals surface area contributed by atoms with Gasteiger partial charge in [0, 0.05) is 83.1 Å². The van der Waals surface area contributed by atoms with Crippen molar-refractivity contribution in [3.63, 3.8) is 0 Å². The number of phenols is 1. The zero-order chi connectivity index (χ0) is 37.9. The number of para-hydroxylation sites is 1. The highest BCUT2D eigenvalue weighted by Crippen LogP contribution is 2.40. The molecule has 0 saturated carbocycles. The van der Waals surface area contributed by atoms with Crippen LogP contribution in [0.5, 0.6) is 5.75 Å². The second-order valence-corrected chi connectivity index (χ2v) is 14.5. The Labute approximate surface area is 310 Å². The summed E-state index contributed by atoms with van der Waals surface area (Å²) >= 11 is 5.98. The number of anilines is 1. The van der Waals surface area contributed by atoms with Gasteiger partial charge in [-0.05, 0) is 61.4 Å². The number of nitrogens with zero attached hydrogens (tertiary/aromatic N) is 5. The highest BCUT2D eigenvalue weighted by Gasteiger charge is 2.39. The summed E-state index contributed by atoms with van der Waals surface area (Å²) in [5.74, 6) is -2.55. The van der Waals surface area contributed by atoms with Crippen molar-refractivity contribution in [3.8, 4) is 5.75 Å². The summed E-state index contributed by atoms with van der Waals surface area (Å²) in [6.07, 6.45) is -4.38. The Bertz CT molecular complexity index is 1680. The Hall–Kier alpha value is -4.28. The normalized spacial score (nSPS) is 20.4. The van der Waals surface area contributed by atoms with Gasteiger partial charge in [0.15, 0.2) is 6.10 Å². The van der Waals surface area contributed by atoms with Gasteiger partial charge < -0.3 is 35.0 Å². The van der Waals surface area contributed by atoms with E-state index in [1.54, 1.807) is 9.80 Å². The molecule has 3 saturated heterocycles. The number of carbonyl (C=O) groups excluding carboxylic acids is 3. The third kappa shape index (κ3) is 9.27. The molecular weight excluding hydrogens is 721 g/mol. The fourth-order valence-corrected chi connectivity index (χ4v) is 8.06. The predicted molar refractivity (Wildman–Crippen MR) is 188 cm³/mol. The molecule has 6 rings (SSSR count). The number of nitrogens with one attached hydrogen (secondary N) is 1. The number of ether oxygens (including phenoxy) is 1. The highest BCUT2D eigenvalue weighted by atomic mass is 35.5. The average molecular weight is 765 g/mol. The van der Waals surface area contributed by atoms with Crippen molar-refractivity contribution < 1.29 is 47.3 Å². The third-order valence-electron chi connectivity index (χ3n) is 10.7. The maximum Gasteiger partial charge on any atom is 0.420 e. The van der Waals surface area contributed by atoms with Crippen LogP contribution in [0.2, 0.25) is 5.02 Å². The van der Waals surface area contributed by atoms with Crippen LogP contribution in [0.4, 0.5) is 28.4 Å². The first-order valence-electron chi connectivity index (χ1n) is 17.9. The molecule has 3 N–H and O–H groups in total. The number of carboxylic acid groups (broad SMARTS) is 1. The lowest BCUT2D eigenvalue weighted by Gasteiger charge is -2.43. The van der Waals surface area contributed by atoms with Crippen LogP contribution >= 0.6 is 11.6 Å². The summed E-state index contributed by atoms with van der Waals surface area (Å²) in [6, 6.07) is 9.34. The maximum absolute atomic E-state index is 14.0. The second-order valence-electron chi connectivity index (χ2n) is 14.1. The van der Waals surface area contributed by atoms with Gasteiger partial charge in [-0.25, -0.2) is 9.59 Å². The SMILES string of the molecule is O=C(O)CN1CCC(N2CCN(C(=O)[C@@H](Cc3cc(Cl)c(O)c(C(F)(F)F)c3)OC(=O)N3CCC(N4CCc5ccccc5NC4=O)CC3)CC2)CC1. The lowest BCUT2D eigenvalue weighted by molar-refractivity contribution is -0.143. The summed E-state index contributed by atoms with van der Waals surface area (Å²) in [5, 5.41) is 21.5. The molecular formula is C36H44ClF3N6O7. The maximum atomic E-state index is 14.0. The second kappa shape index (κ2) is 16.4. The number of rotatable bonds is 8. The van der Waals surface area contributed by atoms with E-state index in [0.717, 1.165) is 30.2 Å². The van der Waals surface area contributed by atoms with Gasteiger partial charge in [0.05, 0.1) is 17.1 Å². The lowest BCUT2D eigenvalue weighted by atomic mass is 10.0. The van der Waals surface area contributed by atoms with Crippen LogP contribution in [0.1, 0.15) is 42.4 Å². The van der Waals surface area contributed by atoms with E-state index in [1.807, 2.05) is 29.2 Å². The zero-order valence-corrected chi connectivity index (χ0v) is 29.9. The summed E-state index contributed by atoms with van der Waals surface area (Å²) in [7, 11) is 0. The number of hydrogen-bond donors (Lipinski definition) is 3. The zero-order valence-electron chi connectivity index (χ0n) is 29.2. The number of halogens is 4. The topological polar surface area (TPSA) is 146 Å². The Morgan fingerprint density at radius 1 is 0.906 bits per heavy atom. The Balaban J connectivity index is 1.10. The molecule has 0 spiro atoms. The first-order chi connectivity index (χ1) is 25.3. The monoisotopic (exact) mass is 764 g/mol. The molecule has 4 aliphatic heterocycles. The van der Waals surface area contributed by atoms with Crippen LogP contribution in [-0.2, 0) is 33.3 Å². The number of urea groups is 1. The number of fused-ring (bicyclic) bond motifs is 1. The molecule has 0 radical (unpaired) electrons. The summed E-state index contributed by atoms with van der Waals surface area (Å²) in [4.78, 5) is 60.7. The van der Waals surface area contributed by atoms with E-state index in [9.17, 15) is 37.5 Å². The average Bonchev–Trinajstić information content (AvgIpc) is 3.30. The summed E-state index contributed by atoms with van der Waals surface area (Å²) < 4.78 is 47.1. The Morgan fingerprint density at radius 2 is 1.57 bits per heavy atom. The van der Waals surface area contributed by atoms with Gasteiger partial charge in [-0.1, -0.05) is 29.8 Å².